The minimum Gasteiger partial charge on any atom is -0.455 e. The second-order valence-corrected chi connectivity index (χ2v) is 12.8. The van der Waals surface area contributed by atoms with Crippen molar-refractivity contribution < 1.29 is 4.42 Å². The Kier molecular flexibility index (Phi) is 4.90. The van der Waals surface area contributed by atoms with E-state index in [9.17, 15) is 0 Å². The monoisotopic (exact) mass is 594 g/mol. The third-order valence-corrected chi connectivity index (χ3v) is 10.4. The highest BCUT2D eigenvalue weighted by Gasteiger charge is 2.20. The van der Waals surface area contributed by atoms with Crippen LogP contribution >= 0.6 is 0 Å². The van der Waals surface area contributed by atoms with Crippen molar-refractivity contribution in [2.75, 3.05) is 0 Å². The van der Waals surface area contributed by atoms with Crippen LogP contribution in [0.1, 0.15) is 0 Å². The number of rotatable bonds is 2. The Labute approximate surface area is 270 Å². The number of furan rings is 1. The van der Waals surface area contributed by atoms with Gasteiger partial charge in [-0.1, -0.05) is 140 Å². The van der Waals surface area contributed by atoms with Crippen molar-refractivity contribution in [2.45, 2.75) is 0 Å². The fourth-order valence-corrected chi connectivity index (χ4v) is 8.34. The number of benzene rings is 10. The molecule has 1 heterocycles. The molecule has 0 spiro atoms. The van der Waals surface area contributed by atoms with E-state index in [1.54, 1.807) is 0 Å². The molecule has 0 bridgehead atoms. The van der Waals surface area contributed by atoms with Crippen LogP contribution in [0.2, 0.25) is 0 Å². The molecule has 11 rings (SSSR count). The minimum atomic E-state index is 0.916. The van der Waals surface area contributed by atoms with Gasteiger partial charge in [0.15, 0.2) is 0 Å². The summed E-state index contributed by atoms with van der Waals surface area (Å²) in [5, 5.41) is 17.5. The van der Waals surface area contributed by atoms with Crippen molar-refractivity contribution in [3.63, 3.8) is 0 Å². The van der Waals surface area contributed by atoms with Crippen LogP contribution in [0.3, 0.4) is 0 Å². The van der Waals surface area contributed by atoms with E-state index in [1.165, 1.54) is 81.5 Å². The summed E-state index contributed by atoms with van der Waals surface area (Å²) in [6.07, 6.45) is 0. The van der Waals surface area contributed by atoms with Gasteiger partial charge in [0.1, 0.15) is 11.2 Å². The molecule has 0 radical (unpaired) electrons. The molecule has 1 heteroatoms. The summed E-state index contributed by atoms with van der Waals surface area (Å²) in [6, 6.07) is 57.9. The molecule has 0 aliphatic rings. The van der Waals surface area contributed by atoms with E-state index in [4.69, 9.17) is 4.42 Å². The van der Waals surface area contributed by atoms with Gasteiger partial charge in [0.25, 0.3) is 0 Å². The summed E-state index contributed by atoms with van der Waals surface area (Å²) in [5.41, 5.74) is 6.89. The van der Waals surface area contributed by atoms with Crippen LogP contribution in [0.25, 0.3) is 109 Å². The van der Waals surface area contributed by atoms with Crippen molar-refractivity contribution >= 4 is 86.6 Å². The third-order valence-electron chi connectivity index (χ3n) is 10.4. The summed E-state index contributed by atoms with van der Waals surface area (Å²) < 4.78 is 6.50. The van der Waals surface area contributed by atoms with E-state index < -0.39 is 0 Å². The Morgan fingerprint density at radius 2 is 0.872 bits per heavy atom. The SMILES string of the molecule is c1ccc2c(c1)ccc1c3cc(-c4c5ccccc5c(-c5ccc6ccc7cccc8ccc5c6c78)c5ccccc45)ccc3oc21. The van der Waals surface area contributed by atoms with E-state index in [1.807, 2.05) is 0 Å². The Balaban J connectivity index is 1.24. The zero-order chi connectivity index (χ0) is 30.6. The summed E-state index contributed by atoms with van der Waals surface area (Å²) in [5.74, 6) is 0. The molecule has 0 atom stereocenters. The largest absolute Gasteiger partial charge is 0.455 e. The fraction of sp³-hybridized carbons (Fsp3) is 0. The Hall–Kier alpha value is -6.18. The van der Waals surface area contributed by atoms with Gasteiger partial charge < -0.3 is 4.42 Å². The lowest BCUT2D eigenvalue weighted by Gasteiger charge is -2.20. The summed E-state index contributed by atoms with van der Waals surface area (Å²) in [4.78, 5) is 0. The van der Waals surface area contributed by atoms with E-state index in [0.29, 0.717) is 0 Å². The predicted octanol–water partition coefficient (Wildman–Crippen LogP) is 13.3. The van der Waals surface area contributed by atoms with Crippen LogP contribution in [-0.2, 0) is 0 Å². The highest BCUT2D eigenvalue weighted by atomic mass is 16.3. The standard InChI is InChI=1S/C46H26O/c1-2-11-32-27(8-1)18-24-39-40-26-31(21-25-41(40)47-46(32)39)43-33-12-3-5-14-35(33)45(36-15-6-4-13-34(36)43)38-23-20-30-17-16-28-9-7-10-29-19-22-37(38)44(30)42(28)29/h1-26H. The van der Waals surface area contributed by atoms with E-state index in [2.05, 4.69) is 158 Å². The second kappa shape index (κ2) is 9.19. The van der Waals surface area contributed by atoms with Crippen LogP contribution < -0.4 is 0 Å². The van der Waals surface area contributed by atoms with Gasteiger partial charge in [-0.2, -0.15) is 0 Å². The molecule has 1 nitrogen and oxygen atoms in total. The molecule has 0 saturated carbocycles. The maximum atomic E-state index is 6.50. The maximum absolute atomic E-state index is 6.50. The molecule has 0 fully saturated rings. The average molecular weight is 595 g/mol. The van der Waals surface area contributed by atoms with Crippen LogP contribution in [0, 0.1) is 0 Å². The van der Waals surface area contributed by atoms with Gasteiger partial charge in [0.05, 0.1) is 0 Å². The highest BCUT2D eigenvalue weighted by molar-refractivity contribution is 6.29. The molecule has 1 aromatic heterocycles. The average Bonchev–Trinajstić information content (AvgIpc) is 3.51. The molecule has 216 valence electrons. The molecule has 0 unspecified atom stereocenters. The summed E-state index contributed by atoms with van der Waals surface area (Å²) in [6.45, 7) is 0. The lowest BCUT2D eigenvalue weighted by Crippen LogP contribution is -1.92. The lowest BCUT2D eigenvalue weighted by molar-refractivity contribution is 0.672. The zero-order valence-corrected chi connectivity index (χ0v) is 25.4. The molecular weight excluding hydrogens is 569 g/mol. The van der Waals surface area contributed by atoms with Gasteiger partial charge in [-0.3, -0.25) is 0 Å². The fourth-order valence-electron chi connectivity index (χ4n) is 8.34. The number of hydrogen-bond donors (Lipinski definition) is 0. The first-order valence-corrected chi connectivity index (χ1v) is 16.3. The van der Waals surface area contributed by atoms with E-state index in [0.717, 1.165) is 27.3 Å². The molecule has 11 aromatic rings. The Bertz CT molecular complexity index is 3000. The number of hydrogen-bond acceptors (Lipinski definition) is 1. The summed E-state index contributed by atoms with van der Waals surface area (Å²) >= 11 is 0. The predicted molar refractivity (Wildman–Crippen MR) is 201 cm³/mol. The normalized spacial score (nSPS) is 12.3. The zero-order valence-electron chi connectivity index (χ0n) is 25.4. The maximum Gasteiger partial charge on any atom is 0.143 e. The van der Waals surface area contributed by atoms with Gasteiger partial charge in [-0.25, -0.2) is 0 Å². The van der Waals surface area contributed by atoms with Crippen LogP contribution in [0.15, 0.2) is 162 Å². The molecule has 0 aliphatic carbocycles. The first kappa shape index (κ1) is 25.1. The lowest BCUT2D eigenvalue weighted by atomic mass is 9.83. The van der Waals surface area contributed by atoms with Gasteiger partial charge in [0, 0.05) is 16.2 Å². The molecule has 47 heavy (non-hydrogen) atoms. The van der Waals surface area contributed by atoms with E-state index >= 15 is 0 Å². The first-order valence-electron chi connectivity index (χ1n) is 16.3. The molecule has 0 aliphatic heterocycles. The van der Waals surface area contributed by atoms with Gasteiger partial charge >= 0.3 is 0 Å². The smallest absolute Gasteiger partial charge is 0.143 e. The van der Waals surface area contributed by atoms with Crippen molar-refractivity contribution in [3.05, 3.63) is 158 Å². The minimum absolute atomic E-state index is 0.916. The third kappa shape index (κ3) is 3.38. The van der Waals surface area contributed by atoms with Gasteiger partial charge in [0.2, 0.25) is 0 Å². The van der Waals surface area contributed by atoms with E-state index in [-0.39, 0.29) is 0 Å². The van der Waals surface area contributed by atoms with Crippen molar-refractivity contribution in [3.8, 4) is 22.3 Å². The molecule has 10 aromatic carbocycles. The Morgan fingerprint density at radius 3 is 1.62 bits per heavy atom. The molecule has 0 amide bonds. The first-order chi connectivity index (χ1) is 23.3. The second-order valence-electron chi connectivity index (χ2n) is 12.8. The van der Waals surface area contributed by atoms with Crippen LogP contribution in [-0.4, -0.2) is 0 Å². The number of fused-ring (bicyclic) bond motifs is 7. The highest BCUT2D eigenvalue weighted by Crippen LogP contribution is 2.48. The summed E-state index contributed by atoms with van der Waals surface area (Å²) in [7, 11) is 0. The van der Waals surface area contributed by atoms with Gasteiger partial charge in [-0.15, -0.1) is 0 Å². The molecule has 0 saturated heterocycles. The van der Waals surface area contributed by atoms with Crippen molar-refractivity contribution in [2.24, 2.45) is 0 Å². The van der Waals surface area contributed by atoms with Crippen LogP contribution in [0.5, 0.6) is 0 Å². The van der Waals surface area contributed by atoms with Crippen molar-refractivity contribution in [1.82, 2.24) is 0 Å². The topological polar surface area (TPSA) is 13.1 Å². The van der Waals surface area contributed by atoms with Crippen molar-refractivity contribution in [1.29, 1.82) is 0 Å². The molecular formula is C46H26O. The quantitative estimate of drug-likeness (QED) is 0.143. The van der Waals surface area contributed by atoms with Crippen LogP contribution in [0.4, 0.5) is 0 Å². The molecule has 0 N–H and O–H groups in total. The van der Waals surface area contributed by atoms with Gasteiger partial charge in [-0.05, 0) is 99.7 Å². The Morgan fingerprint density at radius 1 is 0.319 bits per heavy atom.